The Hall–Kier alpha value is -3.41. The first kappa shape index (κ1) is 26.6. The van der Waals surface area contributed by atoms with E-state index in [1.54, 1.807) is 6.20 Å². The number of hydrogen-bond acceptors (Lipinski definition) is 6. The predicted octanol–water partition coefficient (Wildman–Crippen LogP) is 5.10. The minimum absolute atomic E-state index is 0.218. The first-order valence-corrected chi connectivity index (χ1v) is 13.0. The number of halogens is 3. The van der Waals surface area contributed by atoms with Gasteiger partial charge in [0, 0.05) is 47.3 Å². The number of unbranched alkanes of at least 4 members (excludes halogenated alkanes) is 1. The molecule has 0 bridgehead atoms. The van der Waals surface area contributed by atoms with Gasteiger partial charge in [0.05, 0.1) is 6.54 Å². The van der Waals surface area contributed by atoms with Gasteiger partial charge in [-0.2, -0.15) is 13.2 Å². The summed E-state index contributed by atoms with van der Waals surface area (Å²) in [6.07, 6.45) is 4.40. The fraction of sp³-hybridized carbons (Fsp3) is 0.440. The number of hydrogen-bond donors (Lipinski definition) is 2. The number of amides is 1. The van der Waals surface area contributed by atoms with E-state index in [2.05, 4.69) is 50.7 Å². The van der Waals surface area contributed by atoms with Crippen LogP contribution < -0.4 is 10.2 Å². The van der Waals surface area contributed by atoms with Crippen LogP contribution in [0.3, 0.4) is 0 Å². The largest absolute Gasteiger partial charge is 0.451 e. The molecule has 8 nitrogen and oxygen atoms in total. The molecule has 1 amide bonds. The molecule has 1 unspecified atom stereocenters. The van der Waals surface area contributed by atoms with Crippen LogP contribution in [-0.4, -0.2) is 43.7 Å². The fourth-order valence-electron chi connectivity index (χ4n) is 4.38. The van der Waals surface area contributed by atoms with Crippen LogP contribution in [-0.2, 0) is 30.5 Å². The molecule has 1 atom stereocenters. The molecular weight excluding hydrogens is 503 g/mol. The summed E-state index contributed by atoms with van der Waals surface area (Å²) in [6.45, 7) is 5.10. The number of thiazole rings is 1. The molecule has 0 saturated carbocycles. The molecule has 0 aliphatic carbocycles. The number of fused-ring (bicyclic) bond motifs is 2. The number of aryl methyl sites for hydroxylation is 1. The zero-order valence-corrected chi connectivity index (χ0v) is 21.6. The second-order valence-electron chi connectivity index (χ2n) is 8.95. The van der Waals surface area contributed by atoms with Crippen molar-refractivity contribution >= 4 is 33.8 Å². The number of carbonyl (C=O) groups is 1. The maximum Gasteiger partial charge on any atom is 0.451 e. The fourth-order valence-corrected chi connectivity index (χ4v) is 5.16. The minimum atomic E-state index is -4.45. The zero-order chi connectivity index (χ0) is 26.4. The van der Waals surface area contributed by atoms with Gasteiger partial charge in [0.15, 0.2) is 11.0 Å². The highest BCUT2D eigenvalue weighted by atomic mass is 32.1. The van der Waals surface area contributed by atoms with Crippen molar-refractivity contribution in [2.45, 2.75) is 64.8 Å². The Morgan fingerprint density at radius 3 is 2.76 bits per heavy atom. The summed E-state index contributed by atoms with van der Waals surface area (Å²) in [4.78, 5) is 21.1. The van der Waals surface area contributed by atoms with Crippen molar-refractivity contribution in [1.82, 2.24) is 30.0 Å². The summed E-state index contributed by atoms with van der Waals surface area (Å²) < 4.78 is 39.2. The molecule has 2 N–H and O–H groups in total. The van der Waals surface area contributed by atoms with E-state index in [1.165, 1.54) is 22.3 Å². The molecule has 4 heterocycles. The van der Waals surface area contributed by atoms with Gasteiger partial charge in [-0.15, -0.1) is 21.5 Å². The van der Waals surface area contributed by atoms with E-state index in [9.17, 15) is 18.0 Å². The van der Waals surface area contributed by atoms with Gasteiger partial charge in [-0.1, -0.05) is 38.0 Å². The monoisotopic (exact) mass is 533 g/mol. The number of H-pyrrole nitrogens is 1. The van der Waals surface area contributed by atoms with E-state index in [0.717, 1.165) is 52.2 Å². The van der Waals surface area contributed by atoms with Gasteiger partial charge < -0.3 is 19.8 Å². The minimum Gasteiger partial charge on any atom is -0.361 e. The summed E-state index contributed by atoms with van der Waals surface area (Å²) in [6, 6.07) is 8.52. The Bertz CT molecular complexity index is 1310. The standard InChI is InChI=1S/C15H20N2O.C10H10F3N5S/c1-2-3-6-13(17-11-18)9-12-10-16-15-8-5-4-7-14(12)15;1-6-4-14-9(19-6)17-2-3-18-7(5-17)15-16-8(18)10(11,12)13/h4-5,7-8,10-11,13,16H,2-3,6,9H2,1H3,(H,17,18);4H,2-3,5H2,1H3. The second kappa shape index (κ2) is 11.8. The molecule has 198 valence electrons. The molecule has 0 saturated heterocycles. The number of benzene rings is 1. The first-order chi connectivity index (χ1) is 17.8. The Labute approximate surface area is 216 Å². The summed E-state index contributed by atoms with van der Waals surface area (Å²) in [5.74, 6) is -0.594. The van der Waals surface area contributed by atoms with Crippen molar-refractivity contribution in [2.24, 2.45) is 0 Å². The molecule has 1 aromatic carbocycles. The van der Waals surface area contributed by atoms with Crippen molar-refractivity contribution in [1.29, 1.82) is 0 Å². The van der Waals surface area contributed by atoms with Crippen LogP contribution in [0.15, 0.2) is 36.7 Å². The lowest BCUT2D eigenvalue weighted by molar-refractivity contribution is -0.147. The summed E-state index contributed by atoms with van der Waals surface area (Å²) in [5.41, 5.74) is 2.44. The summed E-state index contributed by atoms with van der Waals surface area (Å²) >= 11 is 1.52. The average molecular weight is 534 g/mol. The number of carbonyl (C=O) groups excluding carboxylic acids is 1. The smallest absolute Gasteiger partial charge is 0.361 e. The molecule has 5 rings (SSSR count). The highest BCUT2D eigenvalue weighted by Crippen LogP contribution is 2.31. The third kappa shape index (κ3) is 6.48. The van der Waals surface area contributed by atoms with Gasteiger partial charge in [0.25, 0.3) is 0 Å². The van der Waals surface area contributed by atoms with Crippen molar-refractivity contribution in [3.63, 3.8) is 0 Å². The van der Waals surface area contributed by atoms with Gasteiger partial charge in [-0.3, -0.25) is 4.79 Å². The van der Waals surface area contributed by atoms with Gasteiger partial charge in [0.1, 0.15) is 0 Å². The molecule has 3 aromatic heterocycles. The Kier molecular flexibility index (Phi) is 8.47. The Morgan fingerprint density at radius 1 is 1.24 bits per heavy atom. The van der Waals surface area contributed by atoms with Gasteiger partial charge in [0.2, 0.25) is 12.2 Å². The SMILES string of the molecule is CCCCC(Cc1c[nH]c2ccccc12)NC=O.Cc1cnc(N2CCn3c(nnc3C(F)(F)F)C2)s1. The molecular formula is C25H30F3N7OS. The average Bonchev–Trinajstić information content (AvgIpc) is 3.61. The Morgan fingerprint density at radius 2 is 2.05 bits per heavy atom. The number of aromatic amines is 1. The normalized spacial score (nSPS) is 14.1. The first-order valence-electron chi connectivity index (χ1n) is 12.2. The topological polar surface area (TPSA) is 91.7 Å². The van der Waals surface area contributed by atoms with Gasteiger partial charge in [-0.25, -0.2) is 4.98 Å². The van der Waals surface area contributed by atoms with Crippen LogP contribution >= 0.6 is 11.3 Å². The molecule has 37 heavy (non-hydrogen) atoms. The lowest BCUT2D eigenvalue weighted by Gasteiger charge is -2.27. The third-order valence-corrected chi connectivity index (χ3v) is 7.21. The molecule has 0 spiro atoms. The summed E-state index contributed by atoms with van der Waals surface area (Å²) in [5, 5.41) is 11.9. The molecule has 0 fully saturated rings. The summed E-state index contributed by atoms with van der Waals surface area (Å²) in [7, 11) is 0. The van der Waals surface area contributed by atoms with Crippen LogP contribution in [0.1, 0.15) is 48.3 Å². The molecule has 12 heteroatoms. The van der Waals surface area contributed by atoms with Crippen molar-refractivity contribution in [2.75, 3.05) is 11.4 Å². The number of nitrogens with zero attached hydrogens (tertiary/aromatic N) is 5. The maximum absolute atomic E-state index is 12.7. The quantitative estimate of drug-likeness (QED) is 0.308. The number of nitrogens with one attached hydrogen (secondary N) is 2. The molecule has 4 aromatic rings. The van der Waals surface area contributed by atoms with E-state index in [4.69, 9.17) is 0 Å². The van der Waals surface area contributed by atoms with Crippen LogP contribution in [0.4, 0.5) is 18.3 Å². The second-order valence-corrected chi connectivity index (χ2v) is 10.2. The predicted molar refractivity (Wildman–Crippen MR) is 137 cm³/mol. The number of anilines is 1. The highest BCUT2D eigenvalue weighted by molar-refractivity contribution is 7.15. The molecule has 0 radical (unpaired) electrons. The van der Waals surface area contributed by atoms with Crippen LogP contribution in [0.2, 0.25) is 0 Å². The molecule has 1 aliphatic heterocycles. The van der Waals surface area contributed by atoms with Gasteiger partial charge >= 0.3 is 6.18 Å². The van der Waals surface area contributed by atoms with E-state index >= 15 is 0 Å². The van der Waals surface area contributed by atoms with Crippen molar-refractivity contribution in [3.8, 4) is 0 Å². The van der Waals surface area contributed by atoms with Crippen LogP contribution in [0.25, 0.3) is 10.9 Å². The van der Waals surface area contributed by atoms with Crippen LogP contribution in [0, 0.1) is 6.92 Å². The third-order valence-electron chi connectivity index (χ3n) is 6.24. The van der Waals surface area contributed by atoms with E-state index in [1.807, 2.05) is 24.0 Å². The highest BCUT2D eigenvalue weighted by Gasteiger charge is 2.39. The van der Waals surface area contributed by atoms with Crippen molar-refractivity contribution in [3.05, 3.63) is 58.7 Å². The number of rotatable bonds is 8. The number of para-hydroxylation sites is 1. The van der Waals surface area contributed by atoms with Crippen molar-refractivity contribution < 1.29 is 18.0 Å². The lowest BCUT2D eigenvalue weighted by atomic mass is 10.0. The lowest BCUT2D eigenvalue weighted by Crippen LogP contribution is -2.35. The Balaban J connectivity index is 0.000000173. The zero-order valence-electron chi connectivity index (χ0n) is 20.8. The van der Waals surface area contributed by atoms with Crippen LogP contribution in [0.5, 0.6) is 0 Å². The maximum atomic E-state index is 12.7. The molecule has 1 aliphatic rings. The number of alkyl halides is 3. The van der Waals surface area contributed by atoms with Gasteiger partial charge in [-0.05, 0) is 31.4 Å². The van der Waals surface area contributed by atoms with E-state index in [0.29, 0.717) is 18.9 Å². The van der Waals surface area contributed by atoms with E-state index < -0.39 is 12.0 Å². The number of aromatic nitrogens is 5. The van der Waals surface area contributed by atoms with E-state index in [-0.39, 0.29) is 12.6 Å².